The second kappa shape index (κ2) is 9.32. The summed E-state index contributed by atoms with van der Waals surface area (Å²) in [6.07, 6.45) is 1.03. The Bertz CT molecular complexity index is 841. The van der Waals surface area contributed by atoms with Gasteiger partial charge in [0.05, 0.1) is 21.9 Å². The predicted octanol–water partition coefficient (Wildman–Crippen LogP) is 3.40. The van der Waals surface area contributed by atoms with Crippen molar-refractivity contribution in [3.8, 4) is 0 Å². The number of hydrogen-bond acceptors (Lipinski definition) is 5. The van der Waals surface area contributed by atoms with E-state index in [0.29, 0.717) is 23.6 Å². The summed E-state index contributed by atoms with van der Waals surface area (Å²) in [7, 11) is 0. The molecule has 29 heavy (non-hydrogen) atoms. The third kappa shape index (κ3) is 5.13. The van der Waals surface area contributed by atoms with Crippen molar-refractivity contribution in [1.29, 1.82) is 0 Å². The van der Waals surface area contributed by atoms with E-state index in [1.807, 2.05) is 0 Å². The molecule has 0 bridgehead atoms. The second-order valence-corrected chi connectivity index (χ2v) is 9.98. The monoisotopic (exact) mass is 568 g/mol. The molecule has 2 fully saturated rings. The lowest BCUT2D eigenvalue weighted by Gasteiger charge is -2.29. The van der Waals surface area contributed by atoms with Crippen LogP contribution in [0.4, 0.5) is 5.69 Å². The molecule has 1 aromatic rings. The summed E-state index contributed by atoms with van der Waals surface area (Å²) in [5.41, 5.74) is 0.392. The molecule has 1 aliphatic carbocycles. The molecule has 1 aromatic carbocycles. The van der Waals surface area contributed by atoms with Gasteiger partial charge in [0.15, 0.2) is 6.61 Å². The van der Waals surface area contributed by atoms with Gasteiger partial charge < -0.3 is 10.1 Å². The molecule has 0 radical (unpaired) electrons. The van der Waals surface area contributed by atoms with E-state index in [-0.39, 0.29) is 26.5 Å². The Morgan fingerprint density at radius 3 is 2.21 bits per heavy atom. The first kappa shape index (κ1) is 22.5. The van der Waals surface area contributed by atoms with Gasteiger partial charge in [0.2, 0.25) is 11.8 Å². The minimum absolute atomic E-state index is 0.0810. The van der Waals surface area contributed by atoms with Gasteiger partial charge in [-0.1, -0.05) is 55.1 Å². The van der Waals surface area contributed by atoms with Crippen molar-refractivity contribution in [2.24, 2.45) is 11.8 Å². The van der Waals surface area contributed by atoms with Crippen LogP contribution in [0.2, 0.25) is 10.0 Å². The molecular weight excluding hydrogens is 555 g/mol. The lowest BCUT2D eigenvalue weighted by atomic mass is 9.81. The fourth-order valence-electron chi connectivity index (χ4n) is 3.41. The number of ether oxygens (including phenoxy) is 1. The van der Waals surface area contributed by atoms with E-state index in [1.54, 1.807) is 6.07 Å². The molecule has 11 heteroatoms. The number of amides is 3. The summed E-state index contributed by atoms with van der Waals surface area (Å²) in [6, 6.07) is 4.53. The number of alkyl halides is 2. The summed E-state index contributed by atoms with van der Waals surface area (Å²) < 4.78 is 4.91. The molecule has 3 rings (SSSR count). The number of carbonyl (C=O) groups excluding carboxylic acids is 4. The third-order valence-electron chi connectivity index (χ3n) is 4.86. The number of esters is 1. The molecule has 0 unspecified atom stereocenters. The van der Waals surface area contributed by atoms with Crippen molar-refractivity contribution in [1.82, 2.24) is 4.90 Å². The van der Waals surface area contributed by atoms with E-state index < -0.39 is 36.9 Å². The summed E-state index contributed by atoms with van der Waals surface area (Å²) in [5.74, 6) is -3.05. The molecule has 7 nitrogen and oxygen atoms in total. The zero-order valence-corrected chi connectivity index (χ0v) is 19.6. The minimum Gasteiger partial charge on any atom is -0.454 e. The maximum absolute atomic E-state index is 12.5. The first-order chi connectivity index (χ1) is 13.7. The highest BCUT2D eigenvalue weighted by molar-refractivity contribution is 9.12. The minimum atomic E-state index is -0.833. The van der Waals surface area contributed by atoms with E-state index in [9.17, 15) is 19.2 Å². The highest BCUT2D eigenvalue weighted by atomic mass is 79.9. The van der Waals surface area contributed by atoms with Gasteiger partial charge in [-0.2, -0.15) is 0 Å². The lowest BCUT2D eigenvalue weighted by Crippen LogP contribution is -2.37. The Hall–Kier alpha value is -1.16. The van der Waals surface area contributed by atoms with Gasteiger partial charge in [-0.25, -0.2) is 0 Å². The molecule has 1 saturated heterocycles. The van der Waals surface area contributed by atoms with Gasteiger partial charge in [-0.05, 0) is 31.0 Å². The Morgan fingerprint density at radius 2 is 1.66 bits per heavy atom. The maximum atomic E-state index is 12.5. The molecule has 156 valence electrons. The smallest absolute Gasteiger partial charge is 0.326 e. The molecule has 1 saturated carbocycles. The van der Waals surface area contributed by atoms with Crippen LogP contribution in [0.1, 0.15) is 12.8 Å². The SMILES string of the molecule is O=C(COC(=O)CN1C(=O)[C@H]2C[C@@H](Br)[C@@H](Br)C[C@H]2C1=O)Nc1ccc(Cl)c(Cl)c1. The van der Waals surface area contributed by atoms with Crippen molar-refractivity contribution < 1.29 is 23.9 Å². The van der Waals surface area contributed by atoms with Crippen molar-refractivity contribution in [3.63, 3.8) is 0 Å². The van der Waals surface area contributed by atoms with Crippen LogP contribution < -0.4 is 5.32 Å². The van der Waals surface area contributed by atoms with Crippen LogP contribution in [-0.4, -0.2) is 51.4 Å². The summed E-state index contributed by atoms with van der Waals surface area (Å²) >= 11 is 18.7. The standard InChI is InChI=1S/C18H16Br2Cl2N2O5/c19-11-4-9-10(5-12(11)20)18(28)24(17(9)27)6-16(26)29-7-15(25)23-8-1-2-13(21)14(22)3-8/h1-3,9-12H,4-7H2,(H,23,25)/t9-,10+,11+,12-. The zero-order valence-electron chi connectivity index (χ0n) is 14.9. The van der Waals surface area contributed by atoms with Crippen LogP contribution in [0.15, 0.2) is 18.2 Å². The third-order valence-corrected chi connectivity index (χ3v) is 8.33. The number of nitrogens with one attached hydrogen (secondary N) is 1. The Balaban J connectivity index is 1.51. The van der Waals surface area contributed by atoms with Crippen LogP contribution in [0, 0.1) is 11.8 Å². The molecule has 1 N–H and O–H groups in total. The number of nitrogens with zero attached hydrogens (tertiary/aromatic N) is 1. The van der Waals surface area contributed by atoms with Crippen LogP contribution >= 0.6 is 55.1 Å². The van der Waals surface area contributed by atoms with Crippen molar-refractivity contribution in [2.75, 3.05) is 18.5 Å². The summed E-state index contributed by atoms with van der Waals surface area (Å²) in [5, 5.41) is 3.12. The first-order valence-electron chi connectivity index (χ1n) is 8.71. The van der Waals surface area contributed by atoms with Crippen molar-refractivity contribution >= 4 is 84.4 Å². The van der Waals surface area contributed by atoms with E-state index >= 15 is 0 Å². The molecule has 1 aliphatic heterocycles. The lowest BCUT2D eigenvalue weighted by molar-refractivity contribution is -0.154. The number of rotatable bonds is 5. The number of carbonyl (C=O) groups is 4. The number of benzene rings is 1. The maximum Gasteiger partial charge on any atom is 0.326 e. The summed E-state index contributed by atoms with van der Waals surface area (Å²) in [4.78, 5) is 50.2. The number of anilines is 1. The van der Waals surface area contributed by atoms with E-state index in [2.05, 4.69) is 37.2 Å². The molecule has 3 amide bonds. The Morgan fingerprint density at radius 1 is 1.07 bits per heavy atom. The number of imide groups is 1. The van der Waals surface area contributed by atoms with Crippen LogP contribution in [0.3, 0.4) is 0 Å². The molecule has 0 aromatic heterocycles. The number of fused-ring (bicyclic) bond motifs is 1. The topological polar surface area (TPSA) is 92.8 Å². The normalized spacial score (nSPS) is 26.3. The van der Waals surface area contributed by atoms with E-state index in [1.165, 1.54) is 12.1 Å². The predicted molar refractivity (Wildman–Crippen MR) is 114 cm³/mol. The number of halogens is 4. The molecule has 2 aliphatic rings. The molecule has 1 heterocycles. The highest BCUT2D eigenvalue weighted by Crippen LogP contribution is 2.43. The second-order valence-electron chi connectivity index (χ2n) is 6.82. The van der Waals surface area contributed by atoms with Crippen molar-refractivity contribution in [2.45, 2.75) is 22.5 Å². The average molecular weight is 571 g/mol. The first-order valence-corrected chi connectivity index (χ1v) is 11.3. The average Bonchev–Trinajstić information content (AvgIpc) is 2.88. The highest BCUT2D eigenvalue weighted by Gasteiger charge is 2.52. The fourth-order valence-corrected chi connectivity index (χ4v) is 4.95. The number of hydrogen-bond donors (Lipinski definition) is 1. The van der Waals surface area contributed by atoms with Crippen molar-refractivity contribution in [3.05, 3.63) is 28.2 Å². The molecular formula is C18H16Br2Cl2N2O5. The van der Waals surface area contributed by atoms with Gasteiger partial charge in [0.1, 0.15) is 6.54 Å². The molecule has 4 atom stereocenters. The van der Waals surface area contributed by atoms with Crippen LogP contribution in [0.25, 0.3) is 0 Å². The van der Waals surface area contributed by atoms with E-state index in [0.717, 1.165) is 4.90 Å². The zero-order chi connectivity index (χ0) is 21.3. The number of likely N-dealkylation sites (tertiary alicyclic amines) is 1. The van der Waals surface area contributed by atoms with Gasteiger partial charge in [0, 0.05) is 15.3 Å². The fraction of sp³-hybridized carbons (Fsp3) is 0.444. The summed E-state index contributed by atoms with van der Waals surface area (Å²) in [6.45, 7) is -1.07. The quantitative estimate of drug-likeness (QED) is 0.333. The van der Waals surface area contributed by atoms with Gasteiger partial charge >= 0.3 is 5.97 Å². The molecule has 0 spiro atoms. The van der Waals surface area contributed by atoms with Gasteiger partial charge in [-0.15, -0.1) is 0 Å². The largest absolute Gasteiger partial charge is 0.454 e. The van der Waals surface area contributed by atoms with Crippen LogP contribution in [0.5, 0.6) is 0 Å². The Kier molecular flexibility index (Phi) is 7.24. The van der Waals surface area contributed by atoms with Gasteiger partial charge in [-0.3, -0.25) is 24.1 Å². The van der Waals surface area contributed by atoms with Crippen LogP contribution in [-0.2, 0) is 23.9 Å². The Labute approximate surface area is 193 Å². The van der Waals surface area contributed by atoms with Gasteiger partial charge in [0.25, 0.3) is 5.91 Å². The van der Waals surface area contributed by atoms with E-state index in [4.69, 9.17) is 27.9 Å².